The van der Waals surface area contributed by atoms with Crippen LogP contribution >= 0.6 is 0 Å². The van der Waals surface area contributed by atoms with E-state index in [2.05, 4.69) is 12.2 Å². The molecule has 0 aliphatic carbocycles. The molecule has 7 nitrogen and oxygen atoms in total. The maximum absolute atomic E-state index is 12.5. The molecule has 0 aliphatic rings. The highest BCUT2D eigenvalue weighted by Gasteiger charge is 2.18. The van der Waals surface area contributed by atoms with Gasteiger partial charge in [0, 0.05) is 26.2 Å². The minimum absolute atomic E-state index is 0.0744. The van der Waals surface area contributed by atoms with Crippen molar-refractivity contribution in [1.82, 2.24) is 9.62 Å². The number of unbranched alkanes of at least 4 members (excludes halogenated alkanes) is 1. The summed E-state index contributed by atoms with van der Waals surface area (Å²) in [5.41, 5.74) is 1.12. The van der Waals surface area contributed by atoms with Crippen molar-refractivity contribution in [2.75, 3.05) is 27.8 Å². The van der Waals surface area contributed by atoms with Gasteiger partial charge in [0.2, 0.25) is 10.0 Å². The molecule has 0 unspecified atom stereocenters. The Morgan fingerprint density at radius 3 is 2.52 bits per heavy atom. The summed E-state index contributed by atoms with van der Waals surface area (Å²) in [5.74, 6) is 0.910. The van der Waals surface area contributed by atoms with E-state index in [9.17, 15) is 13.2 Å². The van der Waals surface area contributed by atoms with Gasteiger partial charge in [0.25, 0.3) is 5.91 Å². The molecule has 0 bridgehead atoms. The maximum Gasteiger partial charge on any atom is 0.251 e. The van der Waals surface area contributed by atoms with Gasteiger partial charge in [0.15, 0.2) is 11.5 Å². The molecule has 0 aromatic heterocycles. The van der Waals surface area contributed by atoms with Crippen LogP contribution in [0.5, 0.6) is 11.5 Å². The number of hydrogen-bond donors (Lipinski definition) is 1. The Balaban J connectivity index is 2.07. The number of carbonyl (C=O) groups is 1. The smallest absolute Gasteiger partial charge is 0.251 e. The molecule has 0 spiro atoms. The van der Waals surface area contributed by atoms with Crippen molar-refractivity contribution in [3.05, 3.63) is 53.6 Å². The number of ether oxygens (including phenoxy) is 2. The van der Waals surface area contributed by atoms with E-state index in [1.54, 1.807) is 19.2 Å². The van der Waals surface area contributed by atoms with Crippen molar-refractivity contribution in [2.24, 2.45) is 0 Å². The van der Waals surface area contributed by atoms with Gasteiger partial charge in [-0.15, -0.1) is 0 Å². The van der Waals surface area contributed by atoms with Crippen molar-refractivity contribution >= 4 is 15.9 Å². The zero-order chi connectivity index (χ0) is 21.4. The van der Waals surface area contributed by atoms with Crippen LogP contribution in [0.15, 0.2) is 47.4 Å². The van der Waals surface area contributed by atoms with Gasteiger partial charge < -0.3 is 14.8 Å². The van der Waals surface area contributed by atoms with Crippen LogP contribution < -0.4 is 14.8 Å². The van der Waals surface area contributed by atoms with Gasteiger partial charge in [-0.3, -0.25) is 4.79 Å². The zero-order valence-corrected chi connectivity index (χ0v) is 18.1. The van der Waals surface area contributed by atoms with Crippen molar-refractivity contribution in [3.63, 3.8) is 0 Å². The standard InChI is InChI=1S/C21H28N2O5S/c1-5-6-12-28-19-11-10-16(13-20(19)27-4)15-22-21(24)17-8-7-9-18(14-17)29(25,26)23(2)3/h7-11,13-14H,5-6,12,15H2,1-4H3,(H,22,24). The molecule has 1 N–H and O–H groups in total. The number of rotatable bonds is 10. The molecule has 0 saturated heterocycles. The van der Waals surface area contributed by atoms with E-state index in [-0.39, 0.29) is 22.9 Å². The Morgan fingerprint density at radius 1 is 1.10 bits per heavy atom. The second kappa shape index (κ2) is 10.3. The fourth-order valence-electron chi connectivity index (χ4n) is 2.56. The van der Waals surface area contributed by atoms with E-state index in [1.807, 2.05) is 18.2 Å². The van der Waals surface area contributed by atoms with E-state index >= 15 is 0 Å². The van der Waals surface area contributed by atoms with Crippen LogP contribution in [-0.4, -0.2) is 46.4 Å². The average Bonchev–Trinajstić information content (AvgIpc) is 2.72. The number of sulfonamides is 1. The molecule has 158 valence electrons. The number of amides is 1. The van der Waals surface area contributed by atoms with Gasteiger partial charge in [-0.05, 0) is 42.3 Å². The van der Waals surface area contributed by atoms with Gasteiger partial charge in [-0.1, -0.05) is 25.5 Å². The molecule has 0 heterocycles. The van der Waals surface area contributed by atoms with Crippen LogP contribution in [0.2, 0.25) is 0 Å². The first-order chi connectivity index (χ1) is 13.8. The van der Waals surface area contributed by atoms with Crippen LogP contribution in [0.1, 0.15) is 35.7 Å². The highest BCUT2D eigenvalue weighted by molar-refractivity contribution is 7.89. The predicted octanol–water partition coefficient (Wildman–Crippen LogP) is 3.05. The molecule has 2 rings (SSSR count). The molecular formula is C21H28N2O5S. The highest BCUT2D eigenvalue weighted by Crippen LogP contribution is 2.28. The maximum atomic E-state index is 12.5. The Hall–Kier alpha value is -2.58. The molecule has 29 heavy (non-hydrogen) atoms. The fraction of sp³-hybridized carbons (Fsp3) is 0.381. The van der Waals surface area contributed by atoms with Gasteiger partial charge in [0.1, 0.15) is 0 Å². The van der Waals surface area contributed by atoms with Crippen LogP contribution in [0.3, 0.4) is 0 Å². The number of methoxy groups -OCH3 is 1. The third kappa shape index (κ3) is 5.95. The molecule has 0 atom stereocenters. The fourth-order valence-corrected chi connectivity index (χ4v) is 3.51. The topological polar surface area (TPSA) is 84.9 Å². The lowest BCUT2D eigenvalue weighted by molar-refractivity contribution is 0.0950. The van der Waals surface area contributed by atoms with Crippen LogP contribution in [0.25, 0.3) is 0 Å². The summed E-state index contributed by atoms with van der Waals surface area (Å²) >= 11 is 0. The number of hydrogen-bond acceptors (Lipinski definition) is 5. The molecule has 0 saturated carbocycles. The zero-order valence-electron chi connectivity index (χ0n) is 17.3. The van der Waals surface area contributed by atoms with E-state index in [0.717, 1.165) is 22.7 Å². The Morgan fingerprint density at radius 2 is 1.86 bits per heavy atom. The SMILES string of the molecule is CCCCOc1ccc(CNC(=O)c2cccc(S(=O)(=O)N(C)C)c2)cc1OC. The summed E-state index contributed by atoms with van der Waals surface area (Å²) in [5, 5.41) is 2.80. The predicted molar refractivity (Wildman–Crippen MR) is 112 cm³/mol. The largest absolute Gasteiger partial charge is 0.493 e. The van der Waals surface area contributed by atoms with Crippen molar-refractivity contribution in [2.45, 2.75) is 31.2 Å². The second-order valence-corrected chi connectivity index (χ2v) is 8.84. The minimum atomic E-state index is -3.60. The van der Waals surface area contributed by atoms with E-state index in [4.69, 9.17) is 9.47 Å². The lowest BCUT2D eigenvalue weighted by Gasteiger charge is -2.13. The van der Waals surface area contributed by atoms with Gasteiger partial charge in [-0.2, -0.15) is 0 Å². The van der Waals surface area contributed by atoms with Gasteiger partial charge >= 0.3 is 0 Å². The molecule has 0 radical (unpaired) electrons. The summed E-state index contributed by atoms with van der Waals surface area (Å²) in [7, 11) is 0.869. The number of carbonyl (C=O) groups excluding carboxylic acids is 1. The minimum Gasteiger partial charge on any atom is -0.493 e. The van der Waals surface area contributed by atoms with Gasteiger partial charge in [-0.25, -0.2) is 12.7 Å². The van der Waals surface area contributed by atoms with Crippen LogP contribution in [0, 0.1) is 0 Å². The normalized spacial score (nSPS) is 11.3. The molecule has 1 amide bonds. The first-order valence-electron chi connectivity index (χ1n) is 9.40. The Labute approximate surface area is 172 Å². The molecule has 2 aromatic rings. The number of nitrogens with one attached hydrogen (secondary N) is 1. The molecule has 0 aliphatic heterocycles. The van der Waals surface area contributed by atoms with Crippen LogP contribution in [0.4, 0.5) is 0 Å². The van der Waals surface area contributed by atoms with Crippen molar-refractivity contribution < 1.29 is 22.7 Å². The summed E-state index contributed by atoms with van der Waals surface area (Å²) in [6.45, 7) is 2.99. The summed E-state index contributed by atoms with van der Waals surface area (Å²) in [6.07, 6.45) is 2.01. The monoisotopic (exact) mass is 420 g/mol. The summed E-state index contributed by atoms with van der Waals surface area (Å²) in [4.78, 5) is 12.6. The first-order valence-corrected chi connectivity index (χ1v) is 10.8. The second-order valence-electron chi connectivity index (χ2n) is 6.69. The highest BCUT2D eigenvalue weighted by atomic mass is 32.2. The Bertz CT molecular complexity index is 942. The van der Waals surface area contributed by atoms with Crippen molar-refractivity contribution in [1.29, 1.82) is 0 Å². The number of nitrogens with zero attached hydrogens (tertiary/aromatic N) is 1. The van der Waals surface area contributed by atoms with Crippen molar-refractivity contribution in [3.8, 4) is 11.5 Å². The quantitative estimate of drug-likeness (QED) is 0.597. The first kappa shape index (κ1) is 22.7. The molecule has 8 heteroatoms. The molecule has 0 fully saturated rings. The average molecular weight is 421 g/mol. The molecule has 2 aromatic carbocycles. The summed E-state index contributed by atoms with van der Waals surface area (Å²) < 4.78 is 36.7. The summed E-state index contributed by atoms with van der Waals surface area (Å²) in [6, 6.07) is 11.5. The van der Waals surface area contributed by atoms with E-state index in [0.29, 0.717) is 18.1 Å². The number of benzene rings is 2. The van der Waals surface area contributed by atoms with Gasteiger partial charge in [0.05, 0.1) is 18.6 Å². The third-order valence-corrected chi connectivity index (χ3v) is 6.12. The van der Waals surface area contributed by atoms with E-state index in [1.165, 1.54) is 26.2 Å². The van der Waals surface area contributed by atoms with E-state index < -0.39 is 10.0 Å². The Kier molecular flexibility index (Phi) is 8.04. The lowest BCUT2D eigenvalue weighted by Crippen LogP contribution is -2.25. The molecular weight excluding hydrogens is 392 g/mol. The van der Waals surface area contributed by atoms with Crippen LogP contribution in [-0.2, 0) is 16.6 Å². The lowest BCUT2D eigenvalue weighted by atomic mass is 10.1. The third-order valence-electron chi connectivity index (χ3n) is 4.31.